The van der Waals surface area contributed by atoms with Gasteiger partial charge in [0.1, 0.15) is 12.1 Å². The molecule has 1 aliphatic heterocycles. The molecule has 0 bridgehead atoms. The van der Waals surface area contributed by atoms with E-state index in [9.17, 15) is 4.39 Å². The van der Waals surface area contributed by atoms with E-state index < -0.39 is 0 Å². The summed E-state index contributed by atoms with van der Waals surface area (Å²) in [6.07, 6.45) is 2.52. The zero-order valence-corrected chi connectivity index (χ0v) is 10.1. The lowest BCUT2D eigenvalue weighted by atomic mass is 10.2. The lowest BCUT2D eigenvalue weighted by Crippen LogP contribution is -2.14. The first kappa shape index (κ1) is 11.2. The minimum absolute atomic E-state index is 0.234. The number of rotatable bonds is 3. The Hall–Kier alpha value is -1.88. The lowest BCUT2D eigenvalue weighted by molar-refractivity contribution is 0.554. The SMILES string of the molecule is CNCc1coc(N2CCc3ccc(F)cc32)n1. The highest BCUT2D eigenvalue weighted by molar-refractivity contribution is 5.65. The monoisotopic (exact) mass is 247 g/mol. The molecular weight excluding hydrogens is 233 g/mol. The molecule has 0 saturated heterocycles. The van der Waals surface area contributed by atoms with Gasteiger partial charge in [-0.3, -0.25) is 4.90 Å². The van der Waals surface area contributed by atoms with Crippen molar-refractivity contribution in [2.75, 3.05) is 18.5 Å². The van der Waals surface area contributed by atoms with Crippen LogP contribution in [0.5, 0.6) is 0 Å². The smallest absolute Gasteiger partial charge is 0.302 e. The summed E-state index contributed by atoms with van der Waals surface area (Å²) in [5.41, 5.74) is 2.83. The fourth-order valence-electron chi connectivity index (χ4n) is 2.23. The van der Waals surface area contributed by atoms with E-state index in [1.807, 2.05) is 18.0 Å². The molecule has 0 saturated carbocycles. The van der Waals surface area contributed by atoms with Gasteiger partial charge in [-0.15, -0.1) is 0 Å². The molecule has 1 aromatic heterocycles. The van der Waals surface area contributed by atoms with Gasteiger partial charge >= 0.3 is 6.01 Å². The molecule has 1 aliphatic rings. The molecule has 5 heteroatoms. The Morgan fingerprint density at radius 1 is 1.50 bits per heavy atom. The van der Waals surface area contributed by atoms with E-state index in [-0.39, 0.29) is 5.82 Å². The highest BCUT2D eigenvalue weighted by Crippen LogP contribution is 2.34. The standard InChI is InChI=1S/C13H14FN3O/c1-15-7-11-8-18-13(16-11)17-5-4-9-2-3-10(14)6-12(9)17/h2-3,6,8,15H,4-5,7H2,1H3. The Morgan fingerprint density at radius 3 is 3.22 bits per heavy atom. The lowest BCUT2D eigenvalue weighted by Gasteiger charge is -2.13. The number of halogens is 1. The van der Waals surface area contributed by atoms with Crippen molar-refractivity contribution in [1.82, 2.24) is 10.3 Å². The Labute approximate surface area is 104 Å². The zero-order chi connectivity index (χ0) is 12.5. The second-order valence-corrected chi connectivity index (χ2v) is 4.33. The largest absolute Gasteiger partial charge is 0.431 e. The quantitative estimate of drug-likeness (QED) is 0.903. The van der Waals surface area contributed by atoms with Crippen molar-refractivity contribution in [3.05, 3.63) is 41.5 Å². The van der Waals surface area contributed by atoms with Gasteiger partial charge in [0.25, 0.3) is 0 Å². The molecule has 94 valence electrons. The van der Waals surface area contributed by atoms with Crippen LogP contribution in [0.15, 0.2) is 28.9 Å². The molecule has 0 atom stereocenters. The molecule has 0 amide bonds. The molecule has 3 rings (SSSR count). The minimum Gasteiger partial charge on any atom is -0.431 e. The summed E-state index contributed by atoms with van der Waals surface area (Å²) in [6, 6.07) is 5.38. The topological polar surface area (TPSA) is 41.3 Å². The highest BCUT2D eigenvalue weighted by Gasteiger charge is 2.24. The van der Waals surface area contributed by atoms with Gasteiger partial charge < -0.3 is 9.73 Å². The van der Waals surface area contributed by atoms with Gasteiger partial charge in [-0.1, -0.05) is 6.07 Å². The predicted molar refractivity (Wildman–Crippen MR) is 66.4 cm³/mol. The molecule has 18 heavy (non-hydrogen) atoms. The fraction of sp³-hybridized carbons (Fsp3) is 0.308. The van der Waals surface area contributed by atoms with Gasteiger partial charge in [-0.2, -0.15) is 4.98 Å². The summed E-state index contributed by atoms with van der Waals surface area (Å²) >= 11 is 0. The Bertz CT molecular complexity index is 567. The summed E-state index contributed by atoms with van der Waals surface area (Å²) in [5.74, 6) is -0.234. The first-order chi connectivity index (χ1) is 8.78. The molecule has 0 spiro atoms. The average Bonchev–Trinajstić information content (AvgIpc) is 2.95. The number of hydrogen-bond acceptors (Lipinski definition) is 4. The molecule has 2 heterocycles. The van der Waals surface area contributed by atoms with E-state index in [0.29, 0.717) is 12.6 Å². The normalized spacial score (nSPS) is 14.0. The van der Waals surface area contributed by atoms with Crippen LogP contribution in [0, 0.1) is 5.82 Å². The molecule has 4 nitrogen and oxygen atoms in total. The van der Waals surface area contributed by atoms with E-state index in [4.69, 9.17) is 4.42 Å². The van der Waals surface area contributed by atoms with Crippen molar-refractivity contribution < 1.29 is 8.81 Å². The van der Waals surface area contributed by atoms with Crippen molar-refractivity contribution in [1.29, 1.82) is 0 Å². The molecule has 0 unspecified atom stereocenters. The summed E-state index contributed by atoms with van der Waals surface area (Å²) in [4.78, 5) is 6.30. The second-order valence-electron chi connectivity index (χ2n) is 4.33. The van der Waals surface area contributed by atoms with E-state index >= 15 is 0 Å². The number of oxazole rings is 1. The van der Waals surface area contributed by atoms with Gasteiger partial charge in [-0.05, 0) is 31.2 Å². The zero-order valence-electron chi connectivity index (χ0n) is 10.1. The van der Waals surface area contributed by atoms with Crippen LogP contribution in [0.4, 0.5) is 16.1 Å². The van der Waals surface area contributed by atoms with Crippen LogP contribution in [0.25, 0.3) is 0 Å². The molecule has 0 aliphatic carbocycles. The maximum Gasteiger partial charge on any atom is 0.302 e. The van der Waals surface area contributed by atoms with Crippen LogP contribution >= 0.6 is 0 Å². The highest BCUT2D eigenvalue weighted by atomic mass is 19.1. The summed E-state index contributed by atoms with van der Waals surface area (Å²) < 4.78 is 18.7. The maximum atomic E-state index is 13.3. The van der Waals surface area contributed by atoms with Gasteiger partial charge in [-0.25, -0.2) is 4.39 Å². The van der Waals surface area contributed by atoms with Crippen molar-refractivity contribution in [3.63, 3.8) is 0 Å². The van der Waals surface area contributed by atoms with Crippen LogP contribution in [-0.2, 0) is 13.0 Å². The summed E-state index contributed by atoms with van der Waals surface area (Å²) in [5, 5.41) is 3.02. The van der Waals surface area contributed by atoms with E-state index in [2.05, 4.69) is 10.3 Å². The number of nitrogens with one attached hydrogen (secondary N) is 1. The van der Waals surface area contributed by atoms with Gasteiger partial charge in [0, 0.05) is 13.1 Å². The second kappa shape index (κ2) is 4.42. The van der Waals surface area contributed by atoms with Crippen molar-refractivity contribution in [2.24, 2.45) is 0 Å². The van der Waals surface area contributed by atoms with E-state index in [0.717, 1.165) is 29.9 Å². The maximum absolute atomic E-state index is 13.3. The van der Waals surface area contributed by atoms with Crippen LogP contribution in [0.1, 0.15) is 11.3 Å². The molecule has 2 aromatic rings. The van der Waals surface area contributed by atoms with Crippen LogP contribution in [-0.4, -0.2) is 18.6 Å². The van der Waals surface area contributed by atoms with Gasteiger partial charge in [0.15, 0.2) is 0 Å². The first-order valence-electron chi connectivity index (χ1n) is 5.93. The number of aromatic nitrogens is 1. The van der Waals surface area contributed by atoms with Crippen LogP contribution in [0.2, 0.25) is 0 Å². The van der Waals surface area contributed by atoms with E-state index in [1.54, 1.807) is 6.26 Å². The van der Waals surface area contributed by atoms with Crippen LogP contribution < -0.4 is 10.2 Å². The number of hydrogen-bond donors (Lipinski definition) is 1. The fourth-order valence-corrected chi connectivity index (χ4v) is 2.23. The third kappa shape index (κ3) is 1.86. The van der Waals surface area contributed by atoms with Crippen molar-refractivity contribution in [3.8, 4) is 0 Å². The van der Waals surface area contributed by atoms with Crippen molar-refractivity contribution >= 4 is 11.7 Å². The Morgan fingerprint density at radius 2 is 2.39 bits per heavy atom. The van der Waals surface area contributed by atoms with E-state index in [1.165, 1.54) is 12.1 Å². The molecule has 0 radical (unpaired) electrons. The average molecular weight is 247 g/mol. The number of fused-ring (bicyclic) bond motifs is 1. The Balaban J connectivity index is 1.92. The third-order valence-corrected chi connectivity index (χ3v) is 3.07. The third-order valence-electron chi connectivity index (χ3n) is 3.07. The predicted octanol–water partition coefficient (Wildman–Crippen LogP) is 2.23. The first-order valence-corrected chi connectivity index (χ1v) is 5.93. The minimum atomic E-state index is -0.234. The molecular formula is C13H14FN3O. The van der Waals surface area contributed by atoms with Gasteiger partial charge in [0.05, 0.1) is 11.4 Å². The number of benzene rings is 1. The van der Waals surface area contributed by atoms with Gasteiger partial charge in [0.2, 0.25) is 0 Å². The number of nitrogens with zero attached hydrogens (tertiary/aromatic N) is 2. The number of anilines is 2. The summed E-state index contributed by atoms with van der Waals surface area (Å²) in [6.45, 7) is 1.44. The molecule has 1 aromatic carbocycles. The van der Waals surface area contributed by atoms with Crippen LogP contribution in [0.3, 0.4) is 0 Å². The Kier molecular flexibility index (Phi) is 2.76. The van der Waals surface area contributed by atoms with Crippen molar-refractivity contribution in [2.45, 2.75) is 13.0 Å². The summed E-state index contributed by atoms with van der Waals surface area (Å²) in [7, 11) is 1.86. The molecule has 0 fully saturated rings. The molecule has 1 N–H and O–H groups in total.